The van der Waals surface area contributed by atoms with E-state index >= 15 is 0 Å². The second kappa shape index (κ2) is 10.4. The third kappa shape index (κ3) is 4.45. The number of aliphatic hydroxyl groups excluding tert-OH is 1. The van der Waals surface area contributed by atoms with E-state index in [4.69, 9.17) is 5.11 Å². The van der Waals surface area contributed by atoms with Crippen molar-refractivity contribution >= 4 is 0 Å². The zero-order chi connectivity index (χ0) is 20.7. The summed E-state index contributed by atoms with van der Waals surface area (Å²) in [4.78, 5) is 0. The third-order valence-corrected chi connectivity index (χ3v) is 7.46. The Hall–Kier alpha value is -1.00. The Morgan fingerprint density at radius 1 is 1.15 bits per heavy atom. The van der Waals surface area contributed by atoms with Gasteiger partial charge < -0.3 is 5.11 Å². The second-order valence-corrected chi connectivity index (χ2v) is 8.91. The molecule has 1 N–H and O–H groups in total. The topological polar surface area (TPSA) is 20.2 Å². The van der Waals surface area contributed by atoms with Gasteiger partial charge in [0.2, 0.25) is 0 Å². The number of hydrogen-bond donors (Lipinski definition) is 1. The molecule has 0 spiro atoms. The van der Waals surface area contributed by atoms with E-state index in [9.17, 15) is 0 Å². The standard InChI is InChI=1S/C22H38.C2H2.CH4O/c1-9-13-22(8)17(5)16(4)20-15(3)11-12-19(21(20,6)7)14-18(22)10-2;2*1-2/h16,18-19H,5,9-14H2,1-4,6-8H3;1-2H;2H,1H3/t16-,18?,19-,22-;;/m0../s1. The van der Waals surface area contributed by atoms with Crippen LogP contribution in [0.25, 0.3) is 0 Å². The first-order valence-corrected chi connectivity index (χ1v) is 10.4. The van der Waals surface area contributed by atoms with Crippen LogP contribution in [-0.2, 0) is 0 Å². The Morgan fingerprint density at radius 3 is 2.15 bits per heavy atom. The summed E-state index contributed by atoms with van der Waals surface area (Å²) in [7, 11) is 1.00. The number of fused-ring (bicyclic) bond motifs is 2. The summed E-state index contributed by atoms with van der Waals surface area (Å²) in [6.07, 6.45) is 16.0. The van der Waals surface area contributed by atoms with Gasteiger partial charge in [-0.25, -0.2) is 0 Å². The molecule has 2 aliphatic rings. The van der Waals surface area contributed by atoms with Crippen LogP contribution in [0.3, 0.4) is 0 Å². The van der Waals surface area contributed by atoms with Crippen LogP contribution >= 0.6 is 0 Å². The molecule has 0 aromatic heterocycles. The van der Waals surface area contributed by atoms with Gasteiger partial charge in [0.1, 0.15) is 0 Å². The van der Waals surface area contributed by atoms with Crippen molar-refractivity contribution in [2.24, 2.45) is 28.6 Å². The molecule has 0 saturated heterocycles. The summed E-state index contributed by atoms with van der Waals surface area (Å²) >= 11 is 0. The van der Waals surface area contributed by atoms with Crippen LogP contribution in [0.1, 0.15) is 87.0 Å². The van der Waals surface area contributed by atoms with E-state index < -0.39 is 0 Å². The fourth-order valence-corrected chi connectivity index (χ4v) is 6.03. The van der Waals surface area contributed by atoms with Crippen molar-refractivity contribution in [2.45, 2.75) is 87.0 Å². The number of allylic oxidation sites excluding steroid dienone is 3. The molecule has 2 aliphatic carbocycles. The van der Waals surface area contributed by atoms with Gasteiger partial charge in [0, 0.05) is 7.11 Å². The van der Waals surface area contributed by atoms with E-state index in [0.717, 1.165) is 18.9 Å². The molecule has 150 valence electrons. The highest BCUT2D eigenvalue weighted by Crippen LogP contribution is 2.59. The quantitative estimate of drug-likeness (QED) is 0.423. The number of hydrogen-bond acceptors (Lipinski definition) is 1. The van der Waals surface area contributed by atoms with Crippen molar-refractivity contribution in [1.29, 1.82) is 0 Å². The Morgan fingerprint density at radius 2 is 1.69 bits per heavy atom. The van der Waals surface area contributed by atoms with Crippen LogP contribution in [-0.4, -0.2) is 12.2 Å². The average Bonchev–Trinajstić information content (AvgIpc) is 2.62. The lowest BCUT2D eigenvalue weighted by Crippen LogP contribution is -2.43. The highest BCUT2D eigenvalue weighted by atomic mass is 16.2. The van der Waals surface area contributed by atoms with Crippen LogP contribution in [0.2, 0.25) is 0 Å². The summed E-state index contributed by atoms with van der Waals surface area (Å²) in [5.41, 5.74) is 5.57. The van der Waals surface area contributed by atoms with Gasteiger partial charge in [-0.2, -0.15) is 0 Å². The molecule has 1 heteroatoms. The summed E-state index contributed by atoms with van der Waals surface area (Å²) in [6.45, 7) is 21.8. The predicted octanol–water partition coefficient (Wildman–Crippen LogP) is 7.03. The lowest BCUT2D eigenvalue weighted by molar-refractivity contribution is 0.0871. The van der Waals surface area contributed by atoms with Gasteiger partial charge in [-0.15, -0.1) is 12.8 Å². The normalized spacial score (nSPS) is 33.0. The predicted molar refractivity (Wildman–Crippen MR) is 117 cm³/mol. The maximum atomic E-state index is 7.00. The smallest absolute Gasteiger partial charge is 0.0319 e. The summed E-state index contributed by atoms with van der Waals surface area (Å²) in [5.74, 6) is 2.19. The van der Waals surface area contributed by atoms with E-state index in [-0.39, 0.29) is 0 Å². The molecular formula is C25H44O. The first-order valence-electron chi connectivity index (χ1n) is 10.4. The van der Waals surface area contributed by atoms with Gasteiger partial charge in [-0.1, -0.05) is 77.7 Å². The summed E-state index contributed by atoms with van der Waals surface area (Å²) in [6, 6.07) is 0. The SMILES string of the molecule is C#C.C=C1[C@H](C)C2=C(C)CC[C@@H](CC(CC)[C@@]1(C)CCC)C2(C)C.CO. The molecule has 0 aromatic carbocycles. The zero-order valence-electron chi connectivity index (χ0n) is 18.8. The maximum absolute atomic E-state index is 7.00. The van der Waals surface area contributed by atoms with Gasteiger partial charge >= 0.3 is 0 Å². The van der Waals surface area contributed by atoms with Crippen LogP contribution in [0.4, 0.5) is 0 Å². The van der Waals surface area contributed by atoms with Crippen molar-refractivity contribution in [3.8, 4) is 12.8 Å². The van der Waals surface area contributed by atoms with Gasteiger partial charge in [0.05, 0.1) is 0 Å². The summed E-state index contributed by atoms with van der Waals surface area (Å²) < 4.78 is 0. The number of aliphatic hydroxyl groups is 1. The van der Waals surface area contributed by atoms with Crippen LogP contribution in [0, 0.1) is 41.4 Å². The largest absolute Gasteiger partial charge is 0.400 e. The Bertz CT molecular complexity index is 507. The highest BCUT2D eigenvalue weighted by molar-refractivity contribution is 5.35. The van der Waals surface area contributed by atoms with Gasteiger partial charge in [0.25, 0.3) is 0 Å². The van der Waals surface area contributed by atoms with E-state index in [1.54, 1.807) is 11.1 Å². The minimum absolute atomic E-state index is 0.320. The fraction of sp³-hybridized carbons (Fsp3) is 0.760. The van der Waals surface area contributed by atoms with Crippen molar-refractivity contribution in [1.82, 2.24) is 0 Å². The Labute approximate surface area is 164 Å². The van der Waals surface area contributed by atoms with E-state index in [1.807, 2.05) is 0 Å². The molecule has 0 aromatic rings. The molecule has 1 fully saturated rings. The molecule has 0 radical (unpaired) electrons. The second-order valence-electron chi connectivity index (χ2n) is 8.91. The van der Waals surface area contributed by atoms with Gasteiger partial charge in [-0.05, 0) is 61.2 Å². The van der Waals surface area contributed by atoms with Crippen molar-refractivity contribution < 1.29 is 5.11 Å². The third-order valence-electron chi connectivity index (χ3n) is 7.46. The lowest BCUT2D eigenvalue weighted by Gasteiger charge is -2.53. The molecule has 1 nitrogen and oxygen atoms in total. The number of rotatable bonds is 3. The van der Waals surface area contributed by atoms with Gasteiger partial charge in [-0.3, -0.25) is 0 Å². The molecular weight excluding hydrogens is 316 g/mol. The van der Waals surface area contributed by atoms with Crippen molar-refractivity contribution in [3.05, 3.63) is 23.3 Å². The van der Waals surface area contributed by atoms with Crippen molar-refractivity contribution in [2.75, 3.05) is 7.11 Å². The molecule has 2 bridgehead atoms. The first-order chi connectivity index (χ1) is 12.2. The molecule has 2 rings (SSSR count). The van der Waals surface area contributed by atoms with Crippen LogP contribution < -0.4 is 0 Å². The molecule has 1 saturated carbocycles. The zero-order valence-corrected chi connectivity index (χ0v) is 18.8. The molecule has 1 unspecified atom stereocenters. The summed E-state index contributed by atoms with van der Waals surface area (Å²) in [5, 5.41) is 7.00. The Kier molecular flexibility index (Phi) is 9.97. The monoisotopic (exact) mass is 360 g/mol. The molecule has 0 aliphatic heterocycles. The van der Waals surface area contributed by atoms with Crippen LogP contribution in [0.5, 0.6) is 0 Å². The van der Waals surface area contributed by atoms with E-state index in [0.29, 0.717) is 16.7 Å². The molecule has 26 heavy (non-hydrogen) atoms. The molecule has 0 amide bonds. The van der Waals surface area contributed by atoms with Gasteiger partial charge in [0.15, 0.2) is 0 Å². The fourth-order valence-electron chi connectivity index (χ4n) is 6.03. The highest BCUT2D eigenvalue weighted by Gasteiger charge is 2.48. The maximum Gasteiger partial charge on any atom is 0.0319 e. The molecule has 4 atom stereocenters. The minimum Gasteiger partial charge on any atom is -0.400 e. The van der Waals surface area contributed by atoms with Crippen LogP contribution in [0.15, 0.2) is 23.3 Å². The van der Waals surface area contributed by atoms with E-state index in [2.05, 4.69) is 67.9 Å². The number of terminal acetylenes is 1. The first kappa shape index (κ1) is 25.0. The minimum atomic E-state index is 0.320. The van der Waals surface area contributed by atoms with Crippen molar-refractivity contribution in [3.63, 3.8) is 0 Å². The average molecular weight is 361 g/mol. The lowest BCUT2D eigenvalue weighted by atomic mass is 9.51. The van der Waals surface area contributed by atoms with E-state index in [1.165, 1.54) is 44.1 Å². The Balaban J connectivity index is 0.00000146. The molecule has 0 heterocycles.